The summed E-state index contributed by atoms with van der Waals surface area (Å²) in [6.45, 7) is 5.50. The predicted octanol–water partition coefficient (Wildman–Crippen LogP) is 2.85. The summed E-state index contributed by atoms with van der Waals surface area (Å²) in [6, 6.07) is 7.43. The van der Waals surface area contributed by atoms with E-state index in [4.69, 9.17) is 4.74 Å². The van der Waals surface area contributed by atoms with Crippen molar-refractivity contribution in [2.24, 2.45) is 0 Å². The second kappa shape index (κ2) is 3.17. The van der Waals surface area contributed by atoms with E-state index in [-0.39, 0.29) is 5.97 Å². The number of hydrogen-bond acceptors (Lipinski definition) is 3. The molecule has 1 atom stereocenters. The van der Waals surface area contributed by atoms with Crippen LogP contribution in [0.15, 0.2) is 41.8 Å². The molecule has 0 saturated carbocycles. The maximum absolute atomic E-state index is 11.6. The van der Waals surface area contributed by atoms with E-state index in [1.54, 1.807) is 12.1 Å². The number of ether oxygens (including phenoxy) is 1. The Balaban J connectivity index is 2.48. The lowest BCUT2D eigenvalue weighted by molar-refractivity contribution is 0.0339. The first-order valence-corrected chi connectivity index (χ1v) is 5.11. The molecule has 1 aliphatic heterocycles. The van der Waals surface area contributed by atoms with E-state index >= 15 is 0 Å². The molecule has 0 saturated heterocycles. The molecule has 1 unspecified atom stereocenters. The van der Waals surface area contributed by atoms with E-state index in [1.807, 2.05) is 25.1 Å². The molecule has 0 bridgehead atoms. The Bertz CT molecular complexity index is 400. The lowest BCUT2D eigenvalue weighted by Crippen LogP contribution is -2.29. The first kappa shape index (κ1) is 9.34. The first-order valence-electron chi connectivity index (χ1n) is 4.29. The standard InChI is InChI=1S/C11H10O2S/c1-3-11(2)13-10(12)8-6-4-5-7-9(8)14-11/h3-7H,1H2,2H3. The van der Waals surface area contributed by atoms with Gasteiger partial charge in [-0.3, -0.25) is 0 Å². The Morgan fingerprint density at radius 1 is 1.50 bits per heavy atom. The number of esters is 1. The summed E-state index contributed by atoms with van der Waals surface area (Å²) in [5.74, 6) is -0.276. The Hall–Kier alpha value is -1.22. The summed E-state index contributed by atoms with van der Waals surface area (Å²) in [4.78, 5) is 11.9. The summed E-state index contributed by atoms with van der Waals surface area (Å²) in [6.07, 6.45) is 1.64. The molecule has 0 fully saturated rings. The zero-order chi connectivity index (χ0) is 10.2. The molecule has 0 radical (unpaired) electrons. The molecule has 2 nitrogen and oxygen atoms in total. The number of hydrogen-bond donors (Lipinski definition) is 0. The maximum atomic E-state index is 11.6. The lowest BCUT2D eigenvalue weighted by atomic mass is 10.2. The molecule has 1 aromatic rings. The highest BCUT2D eigenvalue weighted by molar-refractivity contribution is 8.00. The van der Waals surface area contributed by atoms with E-state index < -0.39 is 4.93 Å². The quantitative estimate of drug-likeness (QED) is 0.522. The monoisotopic (exact) mass is 206 g/mol. The molecule has 0 aliphatic carbocycles. The van der Waals surface area contributed by atoms with E-state index in [0.717, 1.165) is 4.90 Å². The Morgan fingerprint density at radius 2 is 2.21 bits per heavy atom. The second-order valence-corrected chi connectivity index (χ2v) is 4.66. The largest absolute Gasteiger partial charge is 0.440 e. The minimum atomic E-state index is -0.633. The zero-order valence-electron chi connectivity index (χ0n) is 7.82. The van der Waals surface area contributed by atoms with Crippen LogP contribution in [0.3, 0.4) is 0 Å². The highest BCUT2D eigenvalue weighted by Gasteiger charge is 2.34. The predicted molar refractivity (Wildman–Crippen MR) is 56.3 cm³/mol. The Morgan fingerprint density at radius 3 is 2.93 bits per heavy atom. The number of fused-ring (bicyclic) bond motifs is 1. The van der Waals surface area contributed by atoms with Crippen LogP contribution in [0.25, 0.3) is 0 Å². The van der Waals surface area contributed by atoms with Gasteiger partial charge in [-0.25, -0.2) is 4.79 Å². The van der Waals surface area contributed by atoms with Gasteiger partial charge in [0.2, 0.25) is 0 Å². The van der Waals surface area contributed by atoms with Crippen LogP contribution in [-0.2, 0) is 4.74 Å². The number of thioether (sulfide) groups is 1. The zero-order valence-corrected chi connectivity index (χ0v) is 8.64. The SMILES string of the molecule is C=CC1(C)OC(=O)c2ccccc2S1. The van der Waals surface area contributed by atoms with Crippen LogP contribution in [0.1, 0.15) is 17.3 Å². The number of carbonyl (C=O) groups excluding carboxylic acids is 1. The third-order valence-corrected chi connectivity index (χ3v) is 3.32. The van der Waals surface area contributed by atoms with Crippen LogP contribution in [0.5, 0.6) is 0 Å². The van der Waals surface area contributed by atoms with E-state index in [9.17, 15) is 4.79 Å². The lowest BCUT2D eigenvalue weighted by Gasteiger charge is -2.30. The molecule has 1 aliphatic rings. The molecule has 14 heavy (non-hydrogen) atoms. The first-order chi connectivity index (χ1) is 6.64. The van der Waals surface area contributed by atoms with E-state index in [0.29, 0.717) is 5.56 Å². The smallest absolute Gasteiger partial charge is 0.340 e. The average molecular weight is 206 g/mol. The van der Waals surface area contributed by atoms with Crippen molar-refractivity contribution in [2.75, 3.05) is 0 Å². The van der Waals surface area contributed by atoms with Gasteiger partial charge in [0, 0.05) is 4.90 Å². The van der Waals surface area contributed by atoms with Crippen LogP contribution >= 0.6 is 11.8 Å². The number of carbonyl (C=O) groups is 1. The molecule has 3 heteroatoms. The summed E-state index contributed by atoms with van der Waals surface area (Å²) >= 11 is 1.50. The number of rotatable bonds is 1. The summed E-state index contributed by atoms with van der Waals surface area (Å²) in [5.41, 5.74) is 0.636. The van der Waals surface area contributed by atoms with Crippen LogP contribution < -0.4 is 0 Å². The molecular formula is C11H10O2S. The van der Waals surface area contributed by atoms with Crippen molar-refractivity contribution >= 4 is 17.7 Å². The minimum Gasteiger partial charge on any atom is -0.440 e. The summed E-state index contributed by atoms with van der Waals surface area (Å²) in [7, 11) is 0. The molecule has 0 amide bonds. The molecule has 0 spiro atoms. The van der Waals surface area contributed by atoms with Gasteiger partial charge in [0.15, 0.2) is 4.93 Å². The van der Waals surface area contributed by atoms with Gasteiger partial charge in [0.25, 0.3) is 0 Å². The molecule has 2 rings (SSSR count). The van der Waals surface area contributed by atoms with Gasteiger partial charge in [0.05, 0.1) is 5.56 Å². The molecule has 72 valence electrons. The molecule has 0 N–H and O–H groups in total. The molecule has 1 heterocycles. The maximum Gasteiger partial charge on any atom is 0.340 e. The van der Waals surface area contributed by atoms with Crippen molar-refractivity contribution in [3.05, 3.63) is 42.5 Å². The van der Waals surface area contributed by atoms with Gasteiger partial charge in [-0.05, 0) is 25.1 Å². The second-order valence-electron chi connectivity index (χ2n) is 3.21. The number of benzene rings is 1. The third kappa shape index (κ3) is 1.44. The summed E-state index contributed by atoms with van der Waals surface area (Å²) in [5, 5.41) is 0. The van der Waals surface area contributed by atoms with Gasteiger partial charge in [0.1, 0.15) is 0 Å². The van der Waals surface area contributed by atoms with Gasteiger partial charge in [-0.15, -0.1) is 0 Å². The summed E-state index contributed by atoms with van der Waals surface area (Å²) < 4.78 is 5.26. The third-order valence-electron chi connectivity index (χ3n) is 2.09. The Labute approximate surface area is 87.0 Å². The van der Waals surface area contributed by atoms with Crippen LogP contribution in [0.2, 0.25) is 0 Å². The van der Waals surface area contributed by atoms with Crippen LogP contribution in [-0.4, -0.2) is 10.9 Å². The minimum absolute atomic E-state index is 0.276. The van der Waals surface area contributed by atoms with E-state index in [2.05, 4.69) is 6.58 Å². The van der Waals surface area contributed by atoms with Gasteiger partial charge >= 0.3 is 5.97 Å². The van der Waals surface area contributed by atoms with Crippen LogP contribution in [0, 0.1) is 0 Å². The number of cyclic esters (lactones) is 1. The van der Waals surface area contributed by atoms with Crippen molar-refractivity contribution in [3.8, 4) is 0 Å². The fraction of sp³-hybridized carbons (Fsp3) is 0.182. The van der Waals surface area contributed by atoms with Gasteiger partial charge in [-0.2, -0.15) is 0 Å². The highest BCUT2D eigenvalue weighted by atomic mass is 32.2. The molecule has 0 aromatic heterocycles. The van der Waals surface area contributed by atoms with E-state index in [1.165, 1.54) is 11.8 Å². The Kier molecular flexibility index (Phi) is 2.11. The molecule has 1 aromatic carbocycles. The fourth-order valence-electron chi connectivity index (χ4n) is 1.29. The average Bonchev–Trinajstić information content (AvgIpc) is 2.18. The highest BCUT2D eigenvalue weighted by Crippen LogP contribution is 2.41. The van der Waals surface area contributed by atoms with Gasteiger partial charge < -0.3 is 4.74 Å². The van der Waals surface area contributed by atoms with Crippen molar-refractivity contribution in [1.82, 2.24) is 0 Å². The topological polar surface area (TPSA) is 26.3 Å². The normalized spacial score (nSPS) is 25.1. The van der Waals surface area contributed by atoms with Gasteiger partial charge in [-0.1, -0.05) is 30.5 Å². The molecular weight excluding hydrogens is 196 g/mol. The van der Waals surface area contributed by atoms with Crippen molar-refractivity contribution < 1.29 is 9.53 Å². The van der Waals surface area contributed by atoms with Crippen LogP contribution in [0.4, 0.5) is 0 Å². The fourth-order valence-corrected chi connectivity index (χ4v) is 2.33. The van der Waals surface area contributed by atoms with Crippen molar-refractivity contribution in [2.45, 2.75) is 16.8 Å². The van der Waals surface area contributed by atoms with Crippen molar-refractivity contribution in [3.63, 3.8) is 0 Å². The van der Waals surface area contributed by atoms with Crippen molar-refractivity contribution in [1.29, 1.82) is 0 Å².